The largest absolute Gasteiger partial charge is 0.348 e. The summed E-state index contributed by atoms with van der Waals surface area (Å²) in [6.45, 7) is 4.48. The molecule has 1 unspecified atom stereocenters. The van der Waals surface area contributed by atoms with E-state index < -0.39 is 18.0 Å². The van der Waals surface area contributed by atoms with Crippen molar-refractivity contribution < 1.29 is 23.9 Å². The Morgan fingerprint density at radius 2 is 1.57 bits per heavy atom. The molecular formula is C39H39ClN2O5. The maximum absolute atomic E-state index is 13.8. The van der Waals surface area contributed by atoms with Crippen molar-refractivity contribution in [1.29, 1.82) is 0 Å². The molecule has 4 aromatic carbocycles. The van der Waals surface area contributed by atoms with Gasteiger partial charge < -0.3 is 19.7 Å². The van der Waals surface area contributed by atoms with Gasteiger partial charge >= 0.3 is 0 Å². The Kier molecular flexibility index (Phi) is 9.87. The molecule has 3 atom stereocenters. The first-order valence-corrected chi connectivity index (χ1v) is 16.5. The first-order chi connectivity index (χ1) is 22.7. The molecule has 0 saturated carbocycles. The Balaban J connectivity index is 1.09. The van der Waals surface area contributed by atoms with Crippen LogP contribution in [0.1, 0.15) is 66.2 Å². The second kappa shape index (κ2) is 14.2. The molecule has 6 rings (SSSR count). The van der Waals surface area contributed by atoms with E-state index in [1.165, 1.54) is 0 Å². The van der Waals surface area contributed by atoms with E-state index in [1.54, 1.807) is 19.9 Å². The molecule has 1 N–H and O–H groups in total. The maximum Gasteiger partial charge on any atom is 0.255 e. The number of nitrogens with one attached hydrogen (secondary N) is 1. The summed E-state index contributed by atoms with van der Waals surface area (Å²) in [6.07, 6.45) is 0.516. The van der Waals surface area contributed by atoms with Gasteiger partial charge in [0.2, 0.25) is 0 Å². The molecule has 8 heteroatoms. The van der Waals surface area contributed by atoms with Crippen molar-refractivity contribution in [3.8, 4) is 11.1 Å². The normalized spacial score (nSPS) is 20.2. The SMILES string of the molecule is CC1(C)O[C@@H](C(=O)CCc2ccc(-c3ccccc3C(=O)NCc3cccc(Cl)c3)cc2)[C@H](C(=O)N2CCCC2c2ccccc2)O1. The van der Waals surface area contributed by atoms with Crippen LogP contribution in [0.3, 0.4) is 0 Å². The third-order valence-corrected chi connectivity index (χ3v) is 9.05. The van der Waals surface area contributed by atoms with E-state index in [4.69, 9.17) is 21.1 Å². The zero-order chi connectivity index (χ0) is 33.0. The number of aryl methyl sites for hydroxylation is 1. The van der Waals surface area contributed by atoms with Gasteiger partial charge in [0.05, 0.1) is 6.04 Å². The van der Waals surface area contributed by atoms with Gasteiger partial charge in [-0.3, -0.25) is 14.4 Å². The molecule has 242 valence electrons. The average molecular weight is 651 g/mol. The molecule has 47 heavy (non-hydrogen) atoms. The molecule has 2 aliphatic heterocycles. The predicted molar refractivity (Wildman–Crippen MR) is 182 cm³/mol. The predicted octanol–water partition coefficient (Wildman–Crippen LogP) is 7.32. The van der Waals surface area contributed by atoms with E-state index in [0.717, 1.165) is 40.7 Å². The Bertz CT molecular complexity index is 1740. The second-order valence-electron chi connectivity index (χ2n) is 12.6. The van der Waals surface area contributed by atoms with Gasteiger partial charge in [-0.05, 0) is 79.1 Å². The van der Waals surface area contributed by atoms with Gasteiger partial charge in [-0.15, -0.1) is 0 Å². The number of carbonyl (C=O) groups excluding carboxylic acids is 3. The van der Waals surface area contributed by atoms with Crippen molar-refractivity contribution in [2.24, 2.45) is 0 Å². The Labute approximate surface area is 280 Å². The molecule has 2 aliphatic rings. The highest BCUT2D eigenvalue weighted by molar-refractivity contribution is 6.30. The lowest BCUT2D eigenvalue weighted by atomic mass is 9.96. The minimum Gasteiger partial charge on any atom is -0.348 e. The summed E-state index contributed by atoms with van der Waals surface area (Å²) >= 11 is 6.09. The summed E-state index contributed by atoms with van der Waals surface area (Å²) in [7, 11) is 0. The second-order valence-corrected chi connectivity index (χ2v) is 13.0. The third-order valence-electron chi connectivity index (χ3n) is 8.82. The van der Waals surface area contributed by atoms with Gasteiger partial charge in [-0.2, -0.15) is 0 Å². The number of benzene rings is 4. The van der Waals surface area contributed by atoms with Crippen LogP contribution in [0.4, 0.5) is 0 Å². The van der Waals surface area contributed by atoms with Gasteiger partial charge in [0, 0.05) is 30.1 Å². The van der Waals surface area contributed by atoms with E-state index in [2.05, 4.69) is 5.32 Å². The fraction of sp³-hybridized carbons (Fsp3) is 0.308. The monoisotopic (exact) mass is 650 g/mol. The molecule has 0 radical (unpaired) electrons. The Hall–Kier alpha value is -4.30. The van der Waals surface area contributed by atoms with E-state index >= 15 is 0 Å². The number of nitrogens with zero attached hydrogens (tertiary/aromatic N) is 1. The van der Waals surface area contributed by atoms with Gasteiger partial charge in [0.15, 0.2) is 23.8 Å². The van der Waals surface area contributed by atoms with Crippen LogP contribution in [0, 0.1) is 0 Å². The summed E-state index contributed by atoms with van der Waals surface area (Å²) in [5.74, 6) is -1.57. The van der Waals surface area contributed by atoms with Crippen molar-refractivity contribution >= 4 is 29.2 Å². The number of likely N-dealkylation sites (tertiary alicyclic amines) is 1. The molecular weight excluding hydrogens is 612 g/mol. The standard InChI is InChI=1S/C39H39ClN2O5/c1-39(2)46-35(36(47-39)38(45)42-23-9-16-33(42)29-11-4-3-5-12-29)34(43)22-19-26-17-20-28(21-18-26)31-14-6-7-15-32(31)37(44)41-25-27-10-8-13-30(40)24-27/h3-8,10-15,17-18,20-21,24,33,35-36H,9,16,19,22-23,25H2,1-2H3,(H,41,44)/t33?,35-,36+/m0/s1. The van der Waals surface area contributed by atoms with E-state index in [0.29, 0.717) is 30.1 Å². The average Bonchev–Trinajstić information content (AvgIpc) is 3.71. The molecule has 0 aliphatic carbocycles. The van der Waals surface area contributed by atoms with E-state index in [9.17, 15) is 14.4 Å². The van der Waals surface area contributed by atoms with Crippen molar-refractivity contribution in [2.75, 3.05) is 6.54 Å². The first-order valence-electron chi connectivity index (χ1n) is 16.1. The summed E-state index contributed by atoms with van der Waals surface area (Å²) in [5, 5.41) is 3.61. The molecule has 4 aromatic rings. The maximum atomic E-state index is 13.8. The quantitative estimate of drug-likeness (QED) is 0.194. The number of ketones is 1. The highest BCUT2D eigenvalue weighted by atomic mass is 35.5. The summed E-state index contributed by atoms with van der Waals surface area (Å²) in [6, 6.07) is 32.7. The zero-order valence-corrected chi connectivity index (χ0v) is 27.4. The number of amides is 2. The number of carbonyl (C=O) groups is 3. The van der Waals surface area contributed by atoms with Gasteiger partial charge in [0.25, 0.3) is 11.8 Å². The number of halogens is 1. The lowest BCUT2D eigenvalue weighted by Crippen LogP contribution is -2.46. The molecule has 0 spiro atoms. The van der Waals surface area contributed by atoms with Gasteiger partial charge in [0.1, 0.15) is 0 Å². The third kappa shape index (κ3) is 7.65. The lowest BCUT2D eigenvalue weighted by molar-refractivity contribution is -0.163. The molecule has 0 aromatic heterocycles. The van der Waals surface area contributed by atoms with Crippen LogP contribution in [0.2, 0.25) is 5.02 Å². The van der Waals surface area contributed by atoms with Crippen LogP contribution in [-0.4, -0.2) is 47.0 Å². The van der Waals surface area contributed by atoms with E-state index in [1.807, 2.05) is 102 Å². The molecule has 7 nitrogen and oxygen atoms in total. The topological polar surface area (TPSA) is 84.9 Å². The minimum absolute atomic E-state index is 0.0376. The summed E-state index contributed by atoms with van der Waals surface area (Å²) in [5.41, 5.74) is 5.25. The van der Waals surface area contributed by atoms with E-state index in [-0.39, 0.29) is 30.1 Å². The summed E-state index contributed by atoms with van der Waals surface area (Å²) < 4.78 is 12.1. The van der Waals surface area contributed by atoms with Crippen LogP contribution in [-0.2, 0) is 32.0 Å². The number of ether oxygens (including phenoxy) is 2. The fourth-order valence-electron chi connectivity index (χ4n) is 6.51. The Morgan fingerprint density at radius 1 is 0.851 bits per heavy atom. The lowest BCUT2D eigenvalue weighted by Gasteiger charge is -2.28. The van der Waals surface area contributed by atoms with Crippen molar-refractivity contribution in [3.05, 3.63) is 130 Å². The molecule has 2 saturated heterocycles. The molecule has 2 heterocycles. The van der Waals surface area contributed by atoms with Crippen LogP contribution in [0.15, 0.2) is 103 Å². The minimum atomic E-state index is -1.04. The Morgan fingerprint density at radius 3 is 2.34 bits per heavy atom. The van der Waals surface area contributed by atoms with Crippen molar-refractivity contribution in [1.82, 2.24) is 10.2 Å². The zero-order valence-electron chi connectivity index (χ0n) is 26.7. The number of hydrogen-bond donors (Lipinski definition) is 1. The smallest absolute Gasteiger partial charge is 0.255 e. The van der Waals surface area contributed by atoms with Crippen molar-refractivity contribution in [3.63, 3.8) is 0 Å². The highest BCUT2D eigenvalue weighted by Crippen LogP contribution is 2.37. The highest BCUT2D eigenvalue weighted by Gasteiger charge is 2.50. The number of Topliss-reactive ketones (excluding diaryl/α,β-unsaturated/α-hetero) is 1. The molecule has 2 fully saturated rings. The van der Waals surface area contributed by atoms with Crippen molar-refractivity contribution in [2.45, 2.75) is 70.1 Å². The fourth-order valence-corrected chi connectivity index (χ4v) is 6.72. The summed E-state index contributed by atoms with van der Waals surface area (Å²) in [4.78, 5) is 42.3. The van der Waals surface area contributed by atoms with Crippen LogP contribution >= 0.6 is 11.6 Å². The van der Waals surface area contributed by atoms with Crippen LogP contribution in [0.5, 0.6) is 0 Å². The van der Waals surface area contributed by atoms with Crippen LogP contribution < -0.4 is 5.32 Å². The van der Waals surface area contributed by atoms with Gasteiger partial charge in [-0.1, -0.05) is 96.5 Å². The molecule has 0 bridgehead atoms. The number of hydrogen-bond acceptors (Lipinski definition) is 5. The van der Waals surface area contributed by atoms with Gasteiger partial charge in [-0.25, -0.2) is 0 Å². The number of rotatable bonds is 10. The van der Waals surface area contributed by atoms with Crippen LogP contribution in [0.25, 0.3) is 11.1 Å². The molecule has 2 amide bonds. The first kappa shape index (κ1) is 32.6.